The lowest BCUT2D eigenvalue weighted by Gasteiger charge is -2.32. The van der Waals surface area contributed by atoms with E-state index in [1.165, 1.54) is 6.42 Å². The highest BCUT2D eigenvalue weighted by Gasteiger charge is 2.29. The van der Waals surface area contributed by atoms with Crippen LogP contribution < -0.4 is 5.56 Å². The molecule has 0 bridgehead atoms. The van der Waals surface area contributed by atoms with Crippen LogP contribution in [0.2, 0.25) is 0 Å². The molecule has 8 heteroatoms. The molecule has 2 amide bonds. The lowest BCUT2D eigenvalue weighted by molar-refractivity contribution is 0.0702. The molecule has 2 aliphatic heterocycles. The molecular formula is C24H31N5O3. The van der Waals surface area contributed by atoms with E-state index in [0.29, 0.717) is 30.2 Å². The van der Waals surface area contributed by atoms with Crippen LogP contribution in [0.15, 0.2) is 17.1 Å². The average Bonchev–Trinajstić information content (AvgIpc) is 2.81. The molecular weight excluding hydrogens is 406 g/mol. The third kappa shape index (κ3) is 4.45. The Kier molecular flexibility index (Phi) is 6.39. The molecule has 4 rings (SSSR count). The molecule has 0 spiro atoms. The number of aromatic amines is 1. The van der Waals surface area contributed by atoms with Gasteiger partial charge in [0.25, 0.3) is 17.4 Å². The van der Waals surface area contributed by atoms with Gasteiger partial charge >= 0.3 is 0 Å². The number of nitrogens with one attached hydrogen (secondary N) is 1. The van der Waals surface area contributed by atoms with Crippen LogP contribution in [-0.4, -0.2) is 62.7 Å². The van der Waals surface area contributed by atoms with Crippen LogP contribution in [0.3, 0.4) is 0 Å². The summed E-state index contributed by atoms with van der Waals surface area (Å²) in [6, 6.07) is 1.67. The Balaban J connectivity index is 1.50. The van der Waals surface area contributed by atoms with Crippen molar-refractivity contribution in [1.29, 1.82) is 0 Å². The van der Waals surface area contributed by atoms with Gasteiger partial charge in [-0.25, -0.2) is 9.97 Å². The second-order valence-electron chi connectivity index (χ2n) is 8.99. The van der Waals surface area contributed by atoms with Crippen molar-refractivity contribution >= 4 is 11.8 Å². The highest BCUT2D eigenvalue weighted by Crippen LogP contribution is 2.26. The number of likely N-dealkylation sites (tertiary alicyclic amines) is 2. The Labute approximate surface area is 188 Å². The first-order chi connectivity index (χ1) is 15.3. The van der Waals surface area contributed by atoms with E-state index in [4.69, 9.17) is 0 Å². The zero-order valence-electron chi connectivity index (χ0n) is 19.1. The molecule has 4 heterocycles. The largest absolute Gasteiger partial charge is 0.339 e. The summed E-state index contributed by atoms with van der Waals surface area (Å²) >= 11 is 0. The SMILES string of the molecule is Cc1cc(C(=O)N2CCC[C@H](c3ncc(C(=O)N4CCCCC4)c(C)n3)C2)c(=O)[nH]c1C. The molecule has 1 N–H and O–H groups in total. The van der Waals surface area contributed by atoms with Gasteiger partial charge in [-0.2, -0.15) is 0 Å². The summed E-state index contributed by atoms with van der Waals surface area (Å²) in [6.07, 6.45) is 6.58. The summed E-state index contributed by atoms with van der Waals surface area (Å²) in [5, 5.41) is 0. The molecule has 0 aromatic carbocycles. The van der Waals surface area contributed by atoms with Crippen LogP contribution >= 0.6 is 0 Å². The number of nitrogens with zero attached hydrogens (tertiary/aromatic N) is 4. The van der Waals surface area contributed by atoms with Crippen molar-refractivity contribution in [3.8, 4) is 0 Å². The molecule has 2 saturated heterocycles. The Morgan fingerprint density at radius 3 is 2.38 bits per heavy atom. The van der Waals surface area contributed by atoms with Crippen molar-refractivity contribution in [2.45, 2.75) is 58.8 Å². The van der Waals surface area contributed by atoms with Gasteiger partial charge < -0.3 is 14.8 Å². The zero-order chi connectivity index (χ0) is 22.8. The number of carbonyl (C=O) groups excluding carboxylic acids is 2. The third-order valence-corrected chi connectivity index (χ3v) is 6.67. The highest BCUT2D eigenvalue weighted by atomic mass is 16.2. The van der Waals surface area contributed by atoms with Gasteiger partial charge in [-0.15, -0.1) is 0 Å². The smallest absolute Gasteiger partial charge is 0.261 e. The molecule has 2 aromatic rings. The van der Waals surface area contributed by atoms with Crippen LogP contribution in [0.5, 0.6) is 0 Å². The van der Waals surface area contributed by atoms with Crippen LogP contribution in [-0.2, 0) is 0 Å². The van der Waals surface area contributed by atoms with Gasteiger partial charge in [0.2, 0.25) is 0 Å². The molecule has 0 unspecified atom stereocenters. The van der Waals surface area contributed by atoms with Crippen molar-refractivity contribution in [2.75, 3.05) is 26.2 Å². The maximum absolute atomic E-state index is 13.1. The highest BCUT2D eigenvalue weighted by molar-refractivity contribution is 5.95. The molecule has 2 aliphatic rings. The lowest BCUT2D eigenvalue weighted by atomic mass is 9.96. The molecule has 0 radical (unpaired) electrons. The average molecular weight is 438 g/mol. The van der Waals surface area contributed by atoms with Gasteiger partial charge in [-0.05, 0) is 64.5 Å². The topological polar surface area (TPSA) is 99.3 Å². The van der Waals surface area contributed by atoms with E-state index < -0.39 is 0 Å². The van der Waals surface area contributed by atoms with E-state index in [9.17, 15) is 14.4 Å². The second-order valence-corrected chi connectivity index (χ2v) is 8.99. The monoisotopic (exact) mass is 437 g/mol. The predicted molar refractivity (Wildman–Crippen MR) is 121 cm³/mol. The molecule has 2 aromatic heterocycles. The van der Waals surface area contributed by atoms with Crippen LogP contribution in [0.4, 0.5) is 0 Å². The van der Waals surface area contributed by atoms with E-state index in [1.807, 2.05) is 25.7 Å². The number of H-pyrrole nitrogens is 1. The number of pyridine rings is 1. The number of aromatic nitrogens is 3. The van der Waals surface area contributed by atoms with Gasteiger partial charge in [0.05, 0.1) is 11.3 Å². The molecule has 2 fully saturated rings. The minimum Gasteiger partial charge on any atom is -0.339 e. The van der Waals surface area contributed by atoms with Crippen molar-refractivity contribution in [2.24, 2.45) is 0 Å². The fraction of sp³-hybridized carbons (Fsp3) is 0.542. The lowest BCUT2D eigenvalue weighted by Crippen LogP contribution is -2.41. The quantitative estimate of drug-likeness (QED) is 0.796. The van der Waals surface area contributed by atoms with E-state index in [-0.39, 0.29) is 28.9 Å². The molecule has 1 atom stereocenters. The second kappa shape index (κ2) is 9.22. The maximum atomic E-state index is 13.1. The number of piperidine rings is 2. The molecule has 8 nitrogen and oxygen atoms in total. The van der Waals surface area contributed by atoms with Gasteiger partial charge in [-0.3, -0.25) is 14.4 Å². The van der Waals surface area contributed by atoms with E-state index in [1.54, 1.807) is 17.2 Å². The number of rotatable bonds is 3. The standard InChI is InChI=1S/C24H31N5O3/c1-15-12-19(22(30)27-16(15)2)23(31)29-11-7-8-18(14-29)21-25-13-20(17(3)26-21)24(32)28-9-5-4-6-10-28/h12-13,18H,4-11,14H2,1-3H3,(H,27,30)/t18-/m0/s1. The molecule has 0 saturated carbocycles. The fourth-order valence-electron chi connectivity index (χ4n) is 4.59. The van der Waals surface area contributed by atoms with Gasteiger partial charge in [0.1, 0.15) is 11.4 Å². The Morgan fingerprint density at radius 1 is 0.969 bits per heavy atom. The van der Waals surface area contributed by atoms with E-state index in [2.05, 4.69) is 15.0 Å². The van der Waals surface area contributed by atoms with Crippen molar-refractivity contribution in [1.82, 2.24) is 24.8 Å². The first-order valence-electron chi connectivity index (χ1n) is 11.5. The fourth-order valence-corrected chi connectivity index (χ4v) is 4.59. The third-order valence-electron chi connectivity index (χ3n) is 6.67. The predicted octanol–water partition coefficient (Wildman–Crippen LogP) is 2.74. The number of hydrogen-bond donors (Lipinski definition) is 1. The first-order valence-corrected chi connectivity index (χ1v) is 11.5. The van der Waals surface area contributed by atoms with Gasteiger partial charge in [0.15, 0.2) is 0 Å². The van der Waals surface area contributed by atoms with E-state index >= 15 is 0 Å². The first kappa shape index (κ1) is 22.2. The molecule has 32 heavy (non-hydrogen) atoms. The summed E-state index contributed by atoms with van der Waals surface area (Å²) in [5.74, 6) is 0.385. The summed E-state index contributed by atoms with van der Waals surface area (Å²) < 4.78 is 0. The molecule has 170 valence electrons. The minimum absolute atomic E-state index is 0.00293. The summed E-state index contributed by atoms with van der Waals surface area (Å²) in [6.45, 7) is 8.19. The Bertz CT molecular complexity index is 1090. The number of amides is 2. The van der Waals surface area contributed by atoms with Gasteiger partial charge in [0, 0.05) is 44.0 Å². The number of carbonyl (C=O) groups is 2. The van der Waals surface area contributed by atoms with Crippen molar-refractivity contribution in [3.05, 3.63) is 56.5 Å². The van der Waals surface area contributed by atoms with Crippen molar-refractivity contribution in [3.63, 3.8) is 0 Å². The maximum Gasteiger partial charge on any atom is 0.261 e. The molecule has 0 aliphatic carbocycles. The zero-order valence-corrected chi connectivity index (χ0v) is 19.1. The minimum atomic E-state index is -0.354. The normalized spacial score (nSPS) is 19.2. The summed E-state index contributed by atoms with van der Waals surface area (Å²) in [4.78, 5) is 53.8. The number of aryl methyl sites for hydroxylation is 3. The van der Waals surface area contributed by atoms with Crippen molar-refractivity contribution < 1.29 is 9.59 Å². The Morgan fingerprint density at radius 2 is 1.66 bits per heavy atom. The number of hydrogen-bond acceptors (Lipinski definition) is 5. The summed E-state index contributed by atoms with van der Waals surface area (Å²) in [7, 11) is 0. The van der Waals surface area contributed by atoms with Crippen LogP contribution in [0, 0.1) is 20.8 Å². The summed E-state index contributed by atoms with van der Waals surface area (Å²) in [5.41, 5.74) is 2.71. The van der Waals surface area contributed by atoms with E-state index in [0.717, 1.165) is 50.0 Å². The van der Waals surface area contributed by atoms with Gasteiger partial charge in [-0.1, -0.05) is 0 Å². The Hall–Kier alpha value is -3.03. The van der Waals surface area contributed by atoms with Crippen LogP contribution in [0.1, 0.15) is 81.5 Å². The van der Waals surface area contributed by atoms with Crippen LogP contribution in [0.25, 0.3) is 0 Å².